The molecule has 0 aromatic heterocycles. The van der Waals surface area contributed by atoms with Gasteiger partial charge in [-0.25, -0.2) is 4.39 Å². The molecule has 1 N–H and O–H groups in total. The zero-order valence-corrected chi connectivity index (χ0v) is 10.4. The minimum atomic E-state index is -1.20. The van der Waals surface area contributed by atoms with Gasteiger partial charge in [0.05, 0.1) is 0 Å². The lowest BCUT2D eigenvalue weighted by Gasteiger charge is -2.30. The van der Waals surface area contributed by atoms with Crippen LogP contribution in [0.4, 0.5) is 4.39 Å². The number of halogens is 1. The summed E-state index contributed by atoms with van der Waals surface area (Å²) in [7, 11) is 0. The molecule has 3 rings (SSSR count). The normalized spacial score (nSPS) is 19.7. The van der Waals surface area contributed by atoms with E-state index in [1.165, 1.54) is 12.1 Å². The number of carbonyl (C=O) groups excluding carboxylic acids is 1. The molecule has 0 atom stereocenters. The molecule has 0 radical (unpaired) electrons. The van der Waals surface area contributed by atoms with Crippen molar-refractivity contribution in [1.82, 2.24) is 4.90 Å². The Kier molecular flexibility index (Phi) is 2.59. The summed E-state index contributed by atoms with van der Waals surface area (Å²) in [6.45, 7) is 0.813. The van der Waals surface area contributed by atoms with E-state index in [0.717, 1.165) is 11.1 Å². The molecule has 4 nitrogen and oxygen atoms in total. The number of amides is 1. The van der Waals surface area contributed by atoms with E-state index in [9.17, 15) is 14.0 Å². The van der Waals surface area contributed by atoms with Crippen molar-refractivity contribution in [2.45, 2.75) is 25.8 Å². The summed E-state index contributed by atoms with van der Waals surface area (Å²) >= 11 is 0. The molecule has 19 heavy (non-hydrogen) atoms. The first-order valence-electron chi connectivity index (χ1n) is 6.33. The van der Waals surface area contributed by atoms with Crippen LogP contribution in [0.5, 0.6) is 0 Å². The number of carboxylic acids is 1. The van der Waals surface area contributed by atoms with Crippen molar-refractivity contribution in [3.63, 3.8) is 0 Å². The topological polar surface area (TPSA) is 57.6 Å². The molecule has 100 valence electrons. The Hall–Kier alpha value is -1.91. The van der Waals surface area contributed by atoms with E-state index in [4.69, 9.17) is 5.11 Å². The summed E-state index contributed by atoms with van der Waals surface area (Å²) in [6, 6.07) is 4.57. The van der Waals surface area contributed by atoms with Crippen LogP contribution in [0.1, 0.15) is 24.0 Å². The second-order valence-electron chi connectivity index (χ2n) is 5.28. The van der Waals surface area contributed by atoms with Gasteiger partial charge in [0.25, 0.3) is 0 Å². The van der Waals surface area contributed by atoms with E-state index in [1.807, 2.05) is 0 Å². The molecule has 0 spiro atoms. The number of nitrogens with zero attached hydrogens (tertiary/aromatic N) is 1. The van der Waals surface area contributed by atoms with Crippen LogP contribution < -0.4 is 0 Å². The van der Waals surface area contributed by atoms with Crippen LogP contribution in [0.2, 0.25) is 0 Å². The lowest BCUT2D eigenvalue weighted by molar-refractivity contribution is -0.153. The Morgan fingerprint density at radius 1 is 1.26 bits per heavy atom. The molecule has 1 aromatic carbocycles. The molecule has 1 aliphatic heterocycles. The maximum atomic E-state index is 13.2. The summed E-state index contributed by atoms with van der Waals surface area (Å²) in [6.07, 6.45) is 1.47. The van der Waals surface area contributed by atoms with E-state index < -0.39 is 11.4 Å². The van der Waals surface area contributed by atoms with Gasteiger partial charge in [-0.1, -0.05) is 6.07 Å². The molecule has 1 fully saturated rings. The fourth-order valence-electron chi connectivity index (χ4n) is 2.65. The van der Waals surface area contributed by atoms with Crippen LogP contribution in [-0.4, -0.2) is 28.4 Å². The van der Waals surface area contributed by atoms with Crippen LogP contribution in [0.3, 0.4) is 0 Å². The van der Waals surface area contributed by atoms with Crippen LogP contribution in [0, 0.1) is 11.2 Å². The molecule has 1 aromatic rings. The minimum Gasteiger partial charge on any atom is -0.480 e. The van der Waals surface area contributed by atoms with Gasteiger partial charge in [0.2, 0.25) is 5.91 Å². The molecule has 1 aliphatic carbocycles. The summed E-state index contributed by atoms with van der Waals surface area (Å²) in [5.41, 5.74) is 0.608. The highest BCUT2D eigenvalue weighted by Gasteiger charge is 2.58. The van der Waals surface area contributed by atoms with Crippen molar-refractivity contribution in [1.29, 1.82) is 0 Å². The predicted octanol–water partition coefficient (Wildman–Crippen LogP) is 1.58. The maximum Gasteiger partial charge on any atom is 0.319 e. The molecule has 1 amide bonds. The first-order valence-corrected chi connectivity index (χ1v) is 6.33. The van der Waals surface area contributed by atoms with Gasteiger partial charge in [0.1, 0.15) is 11.2 Å². The van der Waals surface area contributed by atoms with Crippen molar-refractivity contribution >= 4 is 11.9 Å². The number of carboxylic acid groups (broad SMARTS) is 1. The number of hydrogen-bond donors (Lipinski definition) is 1. The van der Waals surface area contributed by atoms with Crippen molar-refractivity contribution in [3.8, 4) is 0 Å². The molecule has 0 unspecified atom stereocenters. The molecular weight excluding hydrogens is 249 g/mol. The van der Waals surface area contributed by atoms with Crippen molar-refractivity contribution in [3.05, 3.63) is 35.1 Å². The van der Waals surface area contributed by atoms with Crippen LogP contribution >= 0.6 is 0 Å². The van der Waals surface area contributed by atoms with Gasteiger partial charge in [-0.05, 0) is 42.5 Å². The summed E-state index contributed by atoms with van der Waals surface area (Å²) in [5.74, 6) is -1.69. The fraction of sp³-hybridized carbons (Fsp3) is 0.429. The first-order chi connectivity index (χ1) is 9.03. The summed E-state index contributed by atoms with van der Waals surface area (Å²) in [4.78, 5) is 25.0. The Morgan fingerprint density at radius 2 is 2.00 bits per heavy atom. The number of carbonyl (C=O) groups is 2. The number of aliphatic carboxylic acids is 1. The lowest BCUT2D eigenvalue weighted by Crippen LogP contribution is -2.43. The SMILES string of the molecule is O=C(O)C1(C(=O)N2CCc3ccc(F)cc3C2)CC1. The highest BCUT2D eigenvalue weighted by Crippen LogP contribution is 2.48. The third-order valence-corrected chi connectivity index (χ3v) is 4.04. The van der Waals surface area contributed by atoms with Crippen LogP contribution in [-0.2, 0) is 22.6 Å². The Morgan fingerprint density at radius 3 is 2.63 bits per heavy atom. The Balaban J connectivity index is 1.82. The average molecular weight is 263 g/mol. The highest BCUT2D eigenvalue weighted by atomic mass is 19.1. The lowest BCUT2D eigenvalue weighted by atomic mass is 9.97. The smallest absolute Gasteiger partial charge is 0.319 e. The molecule has 0 saturated heterocycles. The molecular formula is C14H14FNO3. The van der Waals surface area contributed by atoms with Crippen molar-refractivity contribution < 1.29 is 19.1 Å². The predicted molar refractivity (Wildman–Crippen MR) is 64.8 cm³/mol. The zero-order chi connectivity index (χ0) is 13.6. The van der Waals surface area contributed by atoms with E-state index in [1.54, 1.807) is 11.0 Å². The molecule has 0 bridgehead atoms. The summed E-state index contributed by atoms with van der Waals surface area (Å²) < 4.78 is 13.2. The monoisotopic (exact) mass is 263 g/mol. The van der Waals surface area contributed by atoms with E-state index in [0.29, 0.717) is 32.4 Å². The van der Waals surface area contributed by atoms with Gasteiger partial charge in [-0.15, -0.1) is 0 Å². The molecule has 1 saturated carbocycles. The minimum absolute atomic E-state index is 0.307. The van der Waals surface area contributed by atoms with Gasteiger partial charge < -0.3 is 10.0 Å². The van der Waals surface area contributed by atoms with Gasteiger partial charge in [0, 0.05) is 13.1 Å². The van der Waals surface area contributed by atoms with Crippen LogP contribution in [0.15, 0.2) is 18.2 Å². The Labute approximate surface area is 109 Å². The Bertz CT molecular complexity index is 566. The molecule has 1 heterocycles. The highest BCUT2D eigenvalue weighted by molar-refractivity contribution is 6.04. The molecule has 2 aliphatic rings. The van der Waals surface area contributed by atoms with Crippen molar-refractivity contribution in [2.24, 2.45) is 5.41 Å². The number of hydrogen-bond acceptors (Lipinski definition) is 2. The second kappa shape index (κ2) is 4.05. The number of rotatable bonds is 2. The second-order valence-corrected chi connectivity index (χ2v) is 5.28. The number of fused-ring (bicyclic) bond motifs is 1. The number of benzene rings is 1. The van der Waals surface area contributed by atoms with E-state index >= 15 is 0 Å². The zero-order valence-electron chi connectivity index (χ0n) is 10.4. The maximum absolute atomic E-state index is 13.2. The van der Waals surface area contributed by atoms with Gasteiger partial charge in [0.15, 0.2) is 0 Å². The first kappa shape index (κ1) is 12.1. The van der Waals surface area contributed by atoms with Crippen LogP contribution in [0.25, 0.3) is 0 Å². The third-order valence-electron chi connectivity index (χ3n) is 4.04. The fourth-order valence-corrected chi connectivity index (χ4v) is 2.65. The van der Waals surface area contributed by atoms with Gasteiger partial charge in [-0.3, -0.25) is 9.59 Å². The van der Waals surface area contributed by atoms with Crippen molar-refractivity contribution in [2.75, 3.05) is 6.54 Å². The average Bonchev–Trinajstić information content (AvgIpc) is 3.18. The quantitative estimate of drug-likeness (QED) is 0.824. The van der Waals surface area contributed by atoms with E-state index in [-0.39, 0.29) is 11.7 Å². The van der Waals surface area contributed by atoms with E-state index in [2.05, 4.69) is 0 Å². The largest absolute Gasteiger partial charge is 0.480 e. The third kappa shape index (κ3) is 1.89. The molecule has 5 heteroatoms. The van der Waals surface area contributed by atoms with Gasteiger partial charge >= 0.3 is 5.97 Å². The summed E-state index contributed by atoms with van der Waals surface area (Å²) in [5, 5.41) is 9.14. The van der Waals surface area contributed by atoms with Gasteiger partial charge in [-0.2, -0.15) is 0 Å². The standard InChI is InChI=1S/C14H14FNO3/c15-11-2-1-9-3-6-16(8-10(9)7-11)12(17)14(4-5-14)13(18)19/h1-2,7H,3-6,8H2,(H,18,19).